The SMILES string of the molecule is COc1ccnc(C(=O)NC2CCCC(C)C(Oc3ccccc3)C(C)OC2=O)c1O. The van der Waals surface area contributed by atoms with Crippen LogP contribution in [0.4, 0.5) is 0 Å². The molecule has 0 spiro atoms. The molecule has 1 amide bonds. The van der Waals surface area contributed by atoms with Gasteiger partial charge in [0.25, 0.3) is 5.91 Å². The lowest BCUT2D eigenvalue weighted by atomic mass is 9.94. The fourth-order valence-electron chi connectivity index (χ4n) is 3.71. The van der Waals surface area contributed by atoms with Gasteiger partial charge in [-0.05, 0) is 37.8 Å². The van der Waals surface area contributed by atoms with Crippen LogP contribution in [0.15, 0.2) is 42.6 Å². The average Bonchev–Trinajstić information content (AvgIpc) is 2.80. The summed E-state index contributed by atoms with van der Waals surface area (Å²) >= 11 is 0. The van der Waals surface area contributed by atoms with Crippen LogP contribution in [-0.2, 0) is 9.53 Å². The molecule has 1 fully saturated rings. The third-order valence-electron chi connectivity index (χ3n) is 5.41. The number of rotatable bonds is 5. The number of cyclic esters (lactones) is 1. The van der Waals surface area contributed by atoms with E-state index < -0.39 is 24.0 Å². The Labute approximate surface area is 181 Å². The summed E-state index contributed by atoms with van der Waals surface area (Å²) in [7, 11) is 1.38. The number of methoxy groups -OCH3 is 1. The van der Waals surface area contributed by atoms with Gasteiger partial charge in [0.15, 0.2) is 17.2 Å². The van der Waals surface area contributed by atoms with Crippen molar-refractivity contribution in [2.24, 2.45) is 5.92 Å². The van der Waals surface area contributed by atoms with Crippen LogP contribution >= 0.6 is 0 Å². The predicted octanol–water partition coefficient (Wildman–Crippen LogP) is 3.09. The fourth-order valence-corrected chi connectivity index (χ4v) is 3.71. The second kappa shape index (κ2) is 10.1. The summed E-state index contributed by atoms with van der Waals surface area (Å²) in [6.07, 6.45) is 2.43. The summed E-state index contributed by atoms with van der Waals surface area (Å²) in [5.41, 5.74) is -0.210. The van der Waals surface area contributed by atoms with E-state index >= 15 is 0 Å². The van der Waals surface area contributed by atoms with Gasteiger partial charge in [-0.2, -0.15) is 0 Å². The van der Waals surface area contributed by atoms with Crippen LogP contribution in [0.25, 0.3) is 0 Å². The molecule has 0 aliphatic carbocycles. The molecule has 166 valence electrons. The molecule has 1 aromatic heterocycles. The highest BCUT2D eigenvalue weighted by atomic mass is 16.6. The number of pyridine rings is 1. The van der Waals surface area contributed by atoms with E-state index in [9.17, 15) is 14.7 Å². The number of para-hydroxylation sites is 1. The van der Waals surface area contributed by atoms with Gasteiger partial charge in [-0.3, -0.25) is 4.79 Å². The summed E-state index contributed by atoms with van der Waals surface area (Å²) in [4.78, 5) is 29.4. The van der Waals surface area contributed by atoms with E-state index in [1.54, 1.807) is 6.92 Å². The number of aromatic hydroxyl groups is 1. The molecule has 0 saturated carbocycles. The van der Waals surface area contributed by atoms with Gasteiger partial charge in [0, 0.05) is 12.3 Å². The number of ether oxygens (including phenoxy) is 3. The Hall–Kier alpha value is -3.29. The molecule has 4 unspecified atom stereocenters. The van der Waals surface area contributed by atoms with E-state index in [-0.39, 0.29) is 29.2 Å². The molecule has 8 nitrogen and oxygen atoms in total. The second-order valence-corrected chi connectivity index (χ2v) is 7.68. The number of aromatic nitrogens is 1. The van der Waals surface area contributed by atoms with E-state index in [1.165, 1.54) is 19.4 Å². The monoisotopic (exact) mass is 428 g/mol. The Morgan fingerprint density at radius 2 is 1.94 bits per heavy atom. The molecule has 2 N–H and O–H groups in total. The first-order valence-corrected chi connectivity index (χ1v) is 10.4. The summed E-state index contributed by atoms with van der Waals surface area (Å²) in [5, 5.41) is 12.8. The number of esters is 1. The van der Waals surface area contributed by atoms with Crippen LogP contribution in [0.1, 0.15) is 43.6 Å². The van der Waals surface area contributed by atoms with Crippen molar-refractivity contribution in [3.63, 3.8) is 0 Å². The zero-order valence-corrected chi connectivity index (χ0v) is 17.9. The second-order valence-electron chi connectivity index (χ2n) is 7.68. The molecule has 4 atom stereocenters. The Morgan fingerprint density at radius 1 is 1.19 bits per heavy atom. The lowest BCUT2D eigenvalue weighted by molar-refractivity contribution is -0.156. The van der Waals surface area contributed by atoms with Gasteiger partial charge in [0.1, 0.15) is 24.0 Å². The van der Waals surface area contributed by atoms with Gasteiger partial charge >= 0.3 is 5.97 Å². The van der Waals surface area contributed by atoms with Crippen molar-refractivity contribution in [2.45, 2.75) is 51.4 Å². The highest BCUT2D eigenvalue weighted by Gasteiger charge is 2.34. The Bertz CT molecular complexity index is 904. The number of nitrogens with one attached hydrogen (secondary N) is 1. The minimum atomic E-state index is -0.856. The molecule has 0 radical (unpaired) electrons. The number of hydrogen-bond acceptors (Lipinski definition) is 7. The van der Waals surface area contributed by atoms with E-state index in [1.807, 2.05) is 30.3 Å². The van der Waals surface area contributed by atoms with Crippen molar-refractivity contribution in [3.05, 3.63) is 48.3 Å². The molecular weight excluding hydrogens is 400 g/mol. The maximum absolute atomic E-state index is 12.8. The fraction of sp³-hybridized carbons (Fsp3) is 0.435. The Balaban J connectivity index is 1.72. The first-order chi connectivity index (χ1) is 14.9. The largest absolute Gasteiger partial charge is 0.503 e. The first kappa shape index (κ1) is 22.4. The van der Waals surface area contributed by atoms with Gasteiger partial charge < -0.3 is 24.6 Å². The minimum absolute atomic E-state index is 0.126. The van der Waals surface area contributed by atoms with Crippen molar-refractivity contribution in [2.75, 3.05) is 7.11 Å². The zero-order chi connectivity index (χ0) is 22.4. The molecule has 1 aliphatic heterocycles. The van der Waals surface area contributed by atoms with Gasteiger partial charge in [0.2, 0.25) is 0 Å². The van der Waals surface area contributed by atoms with Crippen molar-refractivity contribution >= 4 is 11.9 Å². The van der Waals surface area contributed by atoms with E-state index in [4.69, 9.17) is 14.2 Å². The van der Waals surface area contributed by atoms with Crippen LogP contribution in [0.5, 0.6) is 17.2 Å². The van der Waals surface area contributed by atoms with Crippen LogP contribution < -0.4 is 14.8 Å². The number of carbonyl (C=O) groups is 2. The summed E-state index contributed by atoms with van der Waals surface area (Å²) in [5.74, 6) is -0.611. The average molecular weight is 428 g/mol. The van der Waals surface area contributed by atoms with Crippen molar-refractivity contribution in [1.82, 2.24) is 10.3 Å². The molecule has 3 rings (SSSR count). The van der Waals surface area contributed by atoms with Crippen molar-refractivity contribution < 1.29 is 28.9 Å². The Morgan fingerprint density at radius 3 is 2.65 bits per heavy atom. The highest BCUT2D eigenvalue weighted by molar-refractivity contribution is 5.97. The number of benzene rings is 1. The standard InChI is InChI=1S/C23H28N2O6/c1-14-8-7-11-17(25-22(27)19-20(26)18(29-3)12-13-24-19)23(28)30-15(2)21(14)31-16-9-5-4-6-10-16/h4-6,9-10,12-15,17,21,26H,7-8,11H2,1-3H3,(H,25,27). The quantitative estimate of drug-likeness (QED) is 0.705. The molecule has 2 heterocycles. The van der Waals surface area contributed by atoms with E-state index in [0.29, 0.717) is 18.6 Å². The lowest BCUT2D eigenvalue weighted by Gasteiger charge is -2.29. The molecule has 8 heteroatoms. The van der Waals surface area contributed by atoms with Crippen LogP contribution in [0, 0.1) is 5.92 Å². The molecule has 31 heavy (non-hydrogen) atoms. The minimum Gasteiger partial charge on any atom is -0.503 e. The van der Waals surface area contributed by atoms with Gasteiger partial charge in [-0.1, -0.05) is 31.5 Å². The lowest BCUT2D eigenvalue weighted by Crippen LogP contribution is -2.45. The van der Waals surface area contributed by atoms with Crippen LogP contribution in [0.3, 0.4) is 0 Å². The summed E-state index contributed by atoms with van der Waals surface area (Å²) in [6, 6.07) is 10.0. The zero-order valence-electron chi connectivity index (χ0n) is 17.9. The molecule has 0 bridgehead atoms. The summed E-state index contributed by atoms with van der Waals surface area (Å²) < 4.78 is 16.8. The Kier molecular flexibility index (Phi) is 7.33. The smallest absolute Gasteiger partial charge is 0.329 e. The highest BCUT2D eigenvalue weighted by Crippen LogP contribution is 2.28. The normalized spacial score (nSPS) is 24.2. The van der Waals surface area contributed by atoms with Crippen molar-refractivity contribution in [1.29, 1.82) is 0 Å². The third-order valence-corrected chi connectivity index (χ3v) is 5.41. The van der Waals surface area contributed by atoms with E-state index in [2.05, 4.69) is 17.2 Å². The topological polar surface area (TPSA) is 107 Å². The van der Waals surface area contributed by atoms with Crippen LogP contribution in [0.2, 0.25) is 0 Å². The van der Waals surface area contributed by atoms with Crippen molar-refractivity contribution in [3.8, 4) is 17.2 Å². The van der Waals surface area contributed by atoms with E-state index in [0.717, 1.165) is 6.42 Å². The molecule has 1 saturated heterocycles. The molecule has 1 aromatic carbocycles. The number of hydrogen-bond donors (Lipinski definition) is 2. The maximum Gasteiger partial charge on any atom is 0.329 e. The van der Waals surface area contributed by atoms with Crippen LogP contribution in [-0.4, -0.2) is 47.3 Å². The van der Waals surface area contributed by atoms with Gasteiger partial charge in [-0.25, -0.2) is 9.78 Å². The first-order valence-electron chi connectivity index (χ1n) is 10.4. The molecule has 2 aromatic rings. The maximum atomic E-state index is 12.8. The third kappa shape index (κ3) is 5.45. The van der Waals surface area contributed by atoms with Gasteiger partial charge in [-0.15, -0.1) is 0 Å². The number of nitrogens with zero attached hydrogens (tertiary/aromatic N) is 1. The number of carbonyl (C=O) groups excluding carboxylic acids is 2. The summed E-state index contributed by atoms with van der Waals surface area (Å²) in [6.45, 7) is 3.86. The molecular formula is C23H28N2O6. The molecule has 1 aliphatic rings. The predicted molar refractivity (Wildman–Crippen MR) is 113 cm³/mol. The number of amides is 1. The van der Waals surface area contributed by atoms with Gasteiger partial charge in [0.05, 0.1) is 7.11 Å².